The van der Waals surface area contributed by atoms with Crippen LogP contribution >= 0.6 is 39.1 Å². The van der Waals surface area contributed by atoms with Crippen LogP contribution < -0.4 is 5.73 Å². The van der Waals surface area contributed by atoms with Gasteiger partial charge in [0.15, 0.2) is 0 Å². The fraction of sp³-hybridized carbons (Fsp3) is 0.154. The Morgan fingerprint density at radius 1 is 1.22 bits per heavy atom. The zero-order chi connectivity index (χ0) is 13.1. The fourth-order valence-corrected chi connectivity index (χ4v) is 2.45. The number of pyridine rings is 1. The van der Waals surface area contributed by atoms with Gasteiger partial charge in [0.1, 0.15) is 0 Å². The van der Waals surface area contributed by atoms with Gasteiger partial charge in [0.2, 0.25) is 0 Å². The third-order valence-corrected chi connectivity index (χ3v) is 3.59. The molecular weight excluding hydrogens is 335 g/mol. The van der Waals surface area contributed by atoms with Crippen LogP contribution in [0.5, 0.6) is 0 Å². The Morgan fingerprint density at radius 3 is 2.50 bits per heavy atom. The van der Waals surface area contributed by atoms with E-state index < -0.39 is 0 Å². The maximum Gasteiger partial charge on any atom is 0.0761 e. The van der Waals surface area contributed by atoms with Crippen LogP contribution in [0.2, 0.25) is 10.0 Å². The summed E-state index contributed by atoms with van der Waals surface area (Å²) in [6.45, 7) is 0. The van der Waals surface area contributed by atoms with Gasteiger partial charge < -0.3 is 5.73 Å². The maximum atomic E-state index is 6.11. The Bertz CT molecular complexity index is 543. The van der Waals surface area contributed by atoms with Crippen molar-refractivity contribution in [2.75, 3.05) is 0 Å². The number of benzene rings is 1. The highest BCUT2D eigenvalue weighted by Crippen LogP contribution is 2.25. The molecule has 0 radical (unpaired) electrons. The van der Waals surface area contributed by atoms with Crippen molar-refractivity contribution in [3.05, 3.63) is 62.3 Å². The summed E-state index contributed by atoms with van der Waals surface area (Å²) in [6, 6.07) is 9.43. The molecule has 94 valence electrons. The summed E-state index contributed by atoms with van der Waals surface area (Å²) in [5, 5.41) is 1.02. The highest BCUT2D eigenvalue weighted by molar-refractivity contribution is 9.10. The van der Waals surface area contributed by atoms with E-state index >= 15 is 0 Å². The molecule has 1 aromatic heterocycles. The monoisotopic (exact) mass is 344 g/mol. The van der Waals surface area contributed by atoms with Gasteiger partial charge in [0.05, 0.1) is 21.8 Å². The number of hydrogen-bond acceptors (Lipinski definition) is 2. The summed E-state index contributed by atoms with van der Waals surface area (Å²) in [5.74, 6) is 0. The van der Waals surface area contributed by atoms with Gasteiger partial charge in [-0.15, -0.1) is 0 Å². The van der Waals surface area contributed by atoms with Crippen molar-refractivity contribution in [2.45, 2.75) is 12.5 Å². The highest BCUT2D eigenvalue weighted by atomic mass is 79.9. The Kier molecular flexibility index (Phi) is 4.62. The van der Waals surface area contributed by atoms with Gasteiger partial charge in [-0.2, -0.15) is 0 Å². The fourth-order valence-electron chi connectivity index (χ4n) is 1.67. The standard InChI is InChI=1S/C13H11BrCl2N2/c14-9-3-1-8(2-4-9)5-12(17)13-11(16)6-10(15)7-18-13/h1-4,6-7,12H,5,17H2. The lowest BCUT2D eigenvalue weighted by Crippen LogP contribution is -2.15. The number of aromatic nitrogens is 1. The molecule has 0 fully saturated rings. The molecule has 0 aliphatic rings. The van der Waals surface area contributed by atoms with Crippen LogP contribution in [-0.2, 0) is 6.42 Å². The first-order valence-electron chi connectivity index (χ1n) is 5.37. The summed E-state index contributed by atoms with van der Waals surface area (Å²) < 4.78 is 1.04. The topological polar surface area (TPSA) is 38.9 Å². The lowest BCUT2D eigenvalue weighted by molar-refractivity contribution is 0.697. The molecule has 1 aromatic carbocycles. The second kappa shape index (κ2) is 6.02. The third-order valence-electron chi connectivity index (χ3n) is 2.56. The van der Waals surface area contributed by atoms with Gasteiger partial charge in [-0.1, -0.05) is 51.3 Å². The Hall–Kier alpha value is -0.610. The van der Waals surface area contributed by atoms with Crippen molar-refractivity contribution in [3.63, 3.8) is 0 Å². The average molecular weight is 346 g/mol. The minimum Gasteiger partial charge on any atom is -0.322 e. The van der Waals surface area contributed by atoms with Gasteiger partial charge in [0.25, 0.3) is 0 Å². The number of hydrogen-bond donors (Lipinski definition) is 1. The van der Waals surface area contributed by atoms with Gasteiger partial charge in [0, 0.05) is 10.7 Å². The Balaban J connectivity index is 2.16. The number of nitrogens with zero attached hydrogens (tertiary/aromatic N) is 1. The lowest BCUT2D eigenvalue weighted by atomic mass is 10.0. The van der Waals surface area contributed by atoms with Gasteiger partial charge in [-0.3, -0.25) is 4.98 Å². The van der Waals surface area contributed by atoms with E-state index in [2.05, 4.69) is 20.9 Å². The number of halogens is 3. The molecule has 0 aliphatic carbocycles. The molecule has 0 spiro atoms. The van der Waals surface area contributed by atoms with Crippen LogP contribution in [-0.4, -0.2) is 4.98 Å². The number of nitrogens with two attached hydrogens (primary N) is 1. The van der Waals surface area contributed by atoms with Crippen LogP contribution in [0.15, 0.2) is 41.0 Å². The highest BCUT2D eigenvalue weighted by Gasteiger charge is 2.13. The van der Waals surface area contributed by atoms with E-state index in [0.29, 0.717) is 22.2 Å². The molecule has 0 saturated carbocycles. The molecule has 2 N–H and O–H groups in total. The summed E-state index contributed by atoms with van der Waals surface area (Å²) >= 11 is 15.3. The van der Waals surface area contributed by atoms with Crippen molar-refractivity contribution in [1.29, 1.82) is 0 Å². The molecule has 0 saturated heterocycles. The quantitative estimate of drug-likeness (QED) is 0.895. The van der Waals surface area contributed by atoms with Crippen molar-refractivity contribution >= 4 is 39.1 Å². The van der Waals surface area contributed by atoms with Crippen molar-refractivity contribution in [2.24, 2.45) is 5.73 Å². The number of rotatable bonds is 3. The summed E-state index contributed by atoms with van der Waals surface area (Å²) in [4.78, 5) is 4.19. The average Bonchev–Trinajstić information content (AvgIpc) is 2.32. The largest absolute Gasteiger partial charge is 0.322 e. The van der Waals surface area contributed by atoms with Gasteiger partial charge in [-0.25, -0.2) is 0 Å². The lowest BCUT2D eigenvalue weighted by Gasteiger charge is -2.13. The molecule has 0 amide bonds. The second-order valence-electron chi connectivity index (χ2n) is 3.96. The van der Waals surface area contributed by atoms with E-state index in [9.17, 15) is 0 Å². The molecule has 1 unspecified atom stereocenters. The van der Waals surface area contributed by atoms with E-state index in [1.54, 1.807) is 12.3 Å². The molecule has 18 heavy (non-hydrogen) atoms. The zero-order valence-electron chi connectivity index (χ0n) is 9.41. The molecular formula is C13H11BrCl2N2. The van der Waals surface area contributed by atoms with Crippen molar-refractivity contribution in [1.82, 2.24) is 4.98 Å². The van der Waals surface area contributed by atoms with Gasteiger partial charge >= 0.3 is 0 Å². The predicted octanol–water partition coefficient (Wildman–Crippen LogP) is 4.39. The summed E-state index contributed by atoms with van der Waals surface area (Å²) in [7, 11) is 0. The molecule has 1 atom stereocenters. The molecule has 2 nitrogen and oxygen atoms in total. The van der Waals surface area contributed by atoms with Crippen molar-refractivity contribution < 1.29 is 0 Å². The molecule has 0 aliphatic heterocycles. The van der Waals surface area contributed by atoms with Crippen LogP contribution in [0, 0.1) is 0 Å². The van der Waals surface area contributed by atoms with E-state index in [1.807, 2.05) is 24.3 Å². The normalized spacial score (nSPS) is 12.4. The van der Waals surface area contributed by atoms with Crippen LogP contribution in [0.4, 0.5) is 0 Å². The Morgan fingerprint density at radius 2 is 1.89 bits per heavy atom. The zero-order valence-corrected chi connectivity index (χ0v) is 12.5. The van der Waals surface area contributed by atoms with E-state index in [1.165, 1.54) is 0 Å². The van der Waals surface area contributed by atoms with Crippen LogP contribution in [0.1, 0.15) is 17.3 Å². The molecule has 5 heteroatoms. The molecule has 2 rings (SSSR count). The van der Waals surface area contributed by atoms with E-state index in [0.717, 1.165) is 10.0 Å². The van der Waals surface area contributed by atoms with Crippen LogP contribution in [0.25, 0.3) is 0 Å². The SMILES string of the molecule is NC(Cc1ccc(Br)cc1)c1ncc(Cl)cc1Cl. The first-order chi connectivity index (χ1) is 8.56. The van der Waals surface area contributed by atoms with E-state index in [-0.39, 0.29) is 6.04 Å². The molecule has 0 bridgehead atoms. The first-order valence-corrected chi connectivity index (χ1v) is 6.92. The summed E-state index contributed by atoms with van der Waals surface area (Å²) in [5.41, 5.74) is 7.92. The molecule has 2 aromatic rings. The summed E-state index contributed by atoms with van der Waals surface area (Å²) in [6.07, 6.45) is 2.24. The van der Waals surface area contributed by atoms with Crippen molar-refractivity contribution in [3.8, 4) is 0 Å². The van der Waals surface area contributed by atoms with E-state index in [4.69, 9.17) is 28.9 Å². The maximum absolute atomic E-state index is 6.11. The Labute approximate surface area is 124 Å². The van der Waals surface area contributed by atoms with Gasteiger partial charge in [-0.05, 0) is 30.2 Å². The minimum atomic E-state index is -0.240. The second-order valence-corrected chi connectivity index (χ2v) is 5.72. The predicted molar refractivity (Wildman–Crippen MR) is 79.0 cm³/mol. The first kappa shape index (κ1) is 13.8. The van der Waals surface area contributed by atoms with Crippen LogP contribution in [0.3, 0.4) is 0 Å². The third kappa shape index (κ3) is 3.45. The minimum absolute atomic E-state index is 0.240. The smallest absolute Gasteiger partial charge is 0.0761 e. The molecule has 1 heterocycles.